The van der Waals surface area contributed by atoms with Crippen LogP contribution >= 0.6 is 27.5 Å². The minimum Gasteiger partial charge on any atom is -0.392 e. The highest BCUT2D eigenvalue weighted by Gasteiger charge is 2.18. The van der Waals surface area contributed by atoms with Crippen LogP contribution in [0.3, 0.4) is 0 Å². The van der Waals surface area contributed by atoms with Crippen LogP contribution in [-0.2, 0) is 11.9 Å². The molecule has 1 N–H and O–H groups in total. The van der Waals surface area contributed by atoms with Crippen LogP contribution in [0.25, 0.3) is 0 Å². The summed E-state index contributed by atoms with van der Waals surface area (Å²) in [6, 6.07) is 0. The number of aliphatic hydroxyl groups excluding tert-OH is 1. The third-order valence-corrected chi connectivity index (χ3v) is 2.69. The van der Waals surface area contributed by atoms with Gasteiger partial charge in [-0.05, 0) is 5.56 Å². The van der Waals surface area contributed by atoms with Crippen molar-refractivity contribution in [2.75, 3.05) is 0 Å². The fraction of sp³-hybridized carbons (Fsp3) is 0.375. The average Bonchev–Trinajstić information content (AvgIpc) is 2.16. The molecule has 0 bridgehead atoms. The molecule has 0 aliphatic carbocycles. The molecular formula is C8H7BrClF2NO. The van der Waals surface area contributed by atoms with Gasteiger partial charge in [-0.2, -0.15) is 0 Å². The minimum absolute atomic E-state index is 0.0614. The van der Waals surface area contributed by atoms with Gasteiger partial charge >= 0.3 is 0 Å². The Hall–Kier alpha value is -0.260. The summed E-state index contributed by atoms with van der Waals surface area (Å²) in [7, 11) is 0. The molecule has 0 spiro atoms. The predicted molar refractivity (Wildman–Crippen MR) is 52.8 cm³/mol. The van der Waals surface area contributed by atoms with Gasteiger partial charge in [-0.1, -0.05) is 27.5 Å². The van der Waals surface area contributed by atoms with Crippen LogP contribution in [-0.4, -0.2) is 10.1 Å². The third kappa shape index (κ3) is 2.21. The van der Waals surface area contributed by atoms with Gasteiger partial charge in [-0.3, -0.25) is 0 Å². The van der Waals surface area contributed by atoms with Crippen LogP contribution in [0, 0.1) is 0 Å². The second-order valence-corrected chi connectivity index (χ2v) is 3.47. The largest absolute Gasteiger partial charge is 0.392 e. The quantitative estimate of drug-likeness (QED) is 0.684. The molecule has 6 heteroatoms. The summed E-state index contributed by atoms with van der Waals surface area (Å²) in [6.45, 7) is -0.396. The summed E-state index contributed by atoms with van der Waals surface area (Å²) in [6.07, 6.45) is -1.58. The molecule has 78 valence electrons. The number of aliphatic hydroxyl groups is 1. The van der Waals surface area contributed by atoms with E-state index in [4.69, 9.17) is 16.7 Å². The zero-order chi connectivity index (χ0) is 10.7. The Bertz CT molecular complexity index is 335. The maximum absolute atomic E-state index is 12.5. The molecule has 2 nitrogen and oxygen atoms in total. The highest BCUT2D eigenvalue weighted by Crippen LogP contribution is 2.29. The fourth-order valence-corrected chi connectivity index (χ4v) is 1.97. The fourth-order valence-electron chi connectivity index (χ4n) is 1.09. The summed E-state index contributed by atoms with van der Waals surface area (Å²) < 4.78 is 25.0. The molecule has 0 aliphatic rings. The number of pyridine rings is 1. The maximum atomic E-state index is 12.5. The Morgan fingerprint density at radius 1 is 1.50 bits per heavy atom. The number of hydrogen-bond donors (Lipinski definition) is 1. The normalized spacial score (nSPS) is 11.0. The van der Waals surface area contributed by atoms with E-state index in [1.165, 1.54) is 0 Å². The van der Waals surface area contributed by atoms with E-state index in [9.17, 15) is 8.78 Å². The molecule has 0 saturated carbocycles. The van der Waals surface area contributed by atoms with E-state index >= 15 is 0 Å². The first kappa shape index (κ1) is 11.8. The van der Waals surface area contributed by atoms with Crippen molar-refractivity contribution in [3.8, 4) is 0 Å². The highest BCUT2D eigenvalue weighted by atomic mass is 79.9. The smallest absolute Gasteiger partial charge is 0.265 e. The van der Waals surface area contributed by atoms with E-state index in [0.717, 1.165) is 6.20 Å². The summed E-state index contributed by atoms with van der Waals surface area (Å²) in [4.78, 5) is 3.58. The second-order valence-electron chi connectivity index (χ2n) is 2.55. The Kier molecular flexibility index (Phi) is 4.22. The van der Waals surface area contributed by atoms with Crippen LogP contribution in [0.4, 0.5) is 8.78 Å². The van der Waals surface area contributed by atoms with Crippen molar-refractivity contribution in [2.24, 2.45) is 0 Å². The van der Waals surface area contributed by atoms with Crippen molar-refractivity contribution in [2.45, 2.75) is 18.4 Å². The van der Waals surface area contributed by atoms with Gasteiger partial charge in [0, 0.05) is 22.7 Å². The highest BCUT2D eigenvalue weighted by molar-refractivity contribution is 9.08. The number of aromatic nitrogens is 1. The zero-order valence-electron chi connectivity index (χ0n) is 6.98. The lowest BCUT2D eigenvalue weighted by molar-refractivity contribution is 0.149. The van der Waals surface area contributed by atoms with Crippen LogP contribution < -0.4 is 0 Å². The van der Waals surface area contributed by atoms with E-state index in [1.807, 2.05) is 0 Å². The van der Waals surface area contributed by atoms with Gasteiger partial charge in [-0.25, -0.2) is 13.8 Å². The first-order valence-corrected chi connectivity index (χ1v) is 5.22. The van der Waals surface area contributed by atoms with Gasteiger partial charge in [-0.15, -0.1) is 0 Å². The van der Waals surface area contributed by atoms with Crippen molar-refractivity contribution in [1.82, 2.24) is 4.98 Å². The van der Waals surface area contributed by atoms with Gasteiger partial charge in [0.1, 0.15) is 5.15 Å². The van der Waals surface area contributed by atoms with Gasteiger partial charge in [0.05, 0.1) is 6.61 Å². The molecule has 0 saturated heterocycles. The molecule has 14 heavy (non-hydrogen) atoms. The Morgan fingerprint density at radius 2 is 2.14 bits per heavy atom. The van der Waals surface area contributed by atoms with Gasteiger partial charge in [0.2, 0.25) is 0 Å². The molecule has 1 heterocycles. The van der Waals surface area contributed by atoms with Crippen molar-refractivity contribution >= 4 is 27.5 Å². The SMILES string of the molecule is OCc1c(Cl)ncc(C(F)F)c1CBr. The lowest BCUT2D eigenvalue weighted by Crippen LogP contribution is -2.01. The number of alkyl halides is 3. The van der Waals surface area contributed by atoms with Crippen LogP contribution in [0.15, 0.2) is 6.20 Å². The molecule has 0 fully saturated rings. The monoisotopic (exact) mass is 285 g/mol. The van der Waals surface area contributed by atoms with Crippen molar-refractivity contribution < 1.29 is 13.9 Å². The van der Waals surface area contributed by atoms with Crippen LogP contribution in [0.2, 0.25) is 5.15 Å². The summed E-state index contributed by atoms with van der Waals surface area (Å²) >= 11 is 8.72. The zero-order valence-corrected chi connectivity index (χ0v) is 9.32. The number of halogens is 4. The summed E-state index contributed by atoms with van der Waals surface area (Å²) in [5, 5.41) is 9.22. The molecule has 1 aromatic rings. The molecule has 0 amide bonds. The minimum atomic E-state index is -2.61. The number of nitrogens with zero attached hydrogens (tertiary/aromatic N) is 1. The Balaban J connectivity index is 3.33. The van der Waals surface area contributed by atoms with Crippen molar-refractivity contribution in [1.29, 1.82) is 0 Å². The Morgan fingerprint density at radius 3 is 2.57 bits per heavy atom. The standard InChI is InChI=1S/C8H7BrClF2NO/c9-1-4-5(8(11)12)2-13-7(10)6(4)3-14/h2,8,14H,1,3H2. The first-order valence-electron chi connectivity index (χ1n) is 3.73. The molecule has 0 aliphatic heterocycles. The van der Waals surface area contributed by atoms with Gasteiger partial charge in [0.15, 0.2) is 0 Å². The molecule has 0 atom stereocenters. The van der Waals surface area contributed by atoms with Crippen molar-refractivity contribution in [3.05, 3.63) is 28.0 Å². The Labute approximate surface area is 93.0 Å². The lowest BCUT2D eigenvalue weighted by atomic mass is 10.1. The summed E-state index contributed by atoms with van der Waals surface area (Å²) in [5.41, 5.74) is 0.360. The molecule has 0 unspecified atom stereocenters. The van der Waals surface area contributed by atoms with E-state index in [0.29, 0.717) is 5.56 Å². The molecule has 0 radical (unpaired) electrons. The third-order valence-electron chi connectivity index (χ3n) is 1.81. The molecule has 1 rings (SSSR count). The van der Waals surface area contributed by atoms with Gasteiger partial charge < -0.3 is 5.11 Å². The molecular weight excluding hydrogens is 279 g/mol. The van der Waals surface area contributed by atoms with Crippen molar-refractivity contribution in [3.63, 3.8) is 0 Å². The predicted octanol–water partition coefficient (Wildman–Crippen LogP) is 3.06. The maximum Gasteiger partial charge on any atom is 0.265 e. The summed E-state index contributed by atoms with van der Waals surface area (Å²) in [5.74, 6) is 0. The molecule has 1 aromatic heterocycles. The average molecular weight is 287 g/mol. The van der Waals surface area contributed by atoms with Crippen LogP contribution in [0.1, 0.15) is 23.1 Å². The van der Waals surface area contributed by atoms with Crippen LogP contribution in [0.5, 0.6) is 0 Å². The van der Waals surface area contributed by atoms with Gasteiger partial charge in [0.25, 0.3) is 6.43 Å². The van der Waals surface area contributed by atoms with E-state index in [1.54, 1.807) is 0 Å². The second kappa shape index (κ2) is 5.00. The topological polar surface area (TPSA) is 33.1 Å². The number of rotatable bonds is 3. The molecule has 0 aromatic carbocycles. The number of hydrogen-bond acceptors (Lipinski definition) is 2. The lowest BCUT2D eigenvalue weighted by Gasteiger charge is -2.11. The van der Waals surface area contributed by atoms with E-state index < -0.39 is 13.0 Å². The first-order chi connectivity index (χ1) is 6.61. The van der Waals surface area contributed by atoms with E-state index in [-0.39, 0.29) is 21.6 Å². The van der Waals surface area contributed by atoms with E-state index in [2.05, 4.69) is 20.9 Å².